The van der Waals surface area contributed by atoms with Gasteiger partial charge in [0.2, 0.25) is 0 Å². The normalized spacial score (nSPS) is 23.8. The highest BCUT2D eigenvalue weighted by Gasteiger charge is 2.31. The van der Waals surface area contributed by atoms with Gasteiger partial charge in [0.15, 0.2) is 11.6 Å². The maximum atomic E-state index is 15.3. The van der Waals surface area contributed by atoms with Gasteiger partial charge in [-0.15, -0.1) is 6.58 Å². The maximum absolute atomic E-state index is 15.3. The van der Waals surface area contributed by atoms with Crippen molar-refractivity contribution in [3.8, 4) is 22.3 Å². The summed E-state index contributed by atoms with van der Waals surface area (Å²) in [5.74, 6) is 1.14. The van der Waals surface area contributed by atoms with Crippen LogP contribution in [0.1, 0.15) is 81.3 Å². The third kappa shape index (κ3) is 5.77. The first kappa shape index (κ1) is 26.8. The van der Waals surface area contributed by atoms with Gasteiger partial charge in [0.25, 0.3) is 0 Å². The van der Waals surface area contributed by atoms with E-state index in [9.17, 15) is 8.78 Å². The first-order valence-electron chi connectivity index (χ1n) is 14.4. The number of benzene rings is 3. The van der Waals surface area contributed by atoms with Crippen LogP contribution in [0.3, 0.4) is 0 Å². The molecule has 3 aromatic carbocycles. The second kappa shape index (κ2) is 11.9. The minimum Gasteiger partial charge on any atom is -0.206 e. The highest BCUT2D eigenvalue weighted by molar-refractivity contribution is 5.71. The Kier molecular flexibility index (Phi) is 8.41. The summed E-state index contributed by atoms with van der Waals surface area (Å²) in [6, 6.07) is 15.8. The van der Waals surface area contributed by atoms with Crippen LogP contribution in [0.4, 0.5) is 13.2 Å². The highest BCUT2D eigenvalue weighted by atomic mass is 19.2. The Labute approximate surface area is 226 Å². The van der Waals surface area contributed by atoms with Crippen molar-refractivity contribution in [3.63, 3.8) is 0 Å². The molecule has 0 aliphatic heterocycles. The fourth-order valence-electron chi connectivity index (χ4n) is 6.94. The number of aryl methyl sites for hydroxylation is 1. The molecule has 0 atom stereocenters. The predicted molar refractivity (Wildman–Crippen MR) is 152 cm³/mol. The van der Waals surface area contributed by atoms with E-state index in [2.05, 4.69) is 18.7 Å². The van der Waals surface area contributed by atoms with E-state index in [4.69, 9.17) is 0 Å². The predicted octanol–water partition coefficient (Wildman–Crippen LogP) is 10.8. The molecular weight excluding hydrogens is 477 g/mol. The van der Waals surface area contributed by atoms with Crippen LogP contribution in [0.25, 0.3) is 22.3 Å². The molecule has 2 aliphatic rings. The maximum Gasteiger partial charge on any atom is 0.166 e. The summed E-state index contributed by atoms with van der Waals surface area (Å²) >= 11 is 0. The monoisotopic (exact) mass is 516 g/mol. The molecule has 3 heteroatoms. The van der Waals surface area contributed by atoms with E-state index in [-0.39, 0.29) is 16.9 Å². The molecule has 0 nitrogen and oxygen atoms in total. The van der Waals surface area contributed by atoms with Crippen LogP contribution in [0, 0.1) is 42.1 Å². The van der Waals surface area contributed by atoms with Crippen molar-refractivity contribution in [1.29, 1.82) is 0 Å². The van der Waals surface area contributed by atoms with E-state index in [1.165, 1.54) is 44.9 Å². The van der Waals surface area contributed by atoms with Crippen LogP contribution in [-0.4, -0.2) is 0 Å². The number of allylic oxidation sites excluding steroid dienone is 1. The van der Waals surface area contributed by atoms with E-state index < -0.39 is 11.6 Å². The van der Waals surface area contributed by atoms with Gasteiger partial charge in [0.05, 0.1) is 0 Å². The van der Waals surface area contributed by atoms with Gasteiger partial charge in [-0.3, -0.25) is 0 Å². The first-order chi connectivity index (χ1) is 18.4. The second-order valence-corrected chi connectivity index (χ2v) is 11.6. The second-order valence-electron chi connectivity index (χ2n) is 11.6. The molecule has 2 saturated carbocycles. The summed E-state index contributed by atoms with van der Waals surface area (Å²) < 4.78 is 43.7. The molecule has 200 valence electrons. The van der Waals surface area contributed by atoms with Crippen LogP contribution < -0.4 is 0 Å². The Morgan fingerprint density at radius 3 is 1.89 bits per heavy atom. The topological polar surface area (TPSA) is 0 Å². The Morgan fingerprint density at radius 2 is 1.29 bits per heavy atom. The van der Waals surface area contributed by atoms with Crippen molar-refractivity contribution in [2.45, 2.75) is 77.0 Å². The Bertz CT molecular complexity index is 1240. The van der Waals surface area contributed by atoms with Crippen molar-refractivity contribution in [1.82, 2.24) is 0 Å². The molecular formula is C35H39F3. The lowest BCUT2D eigenvalue weighted by Gasteiger charge is -2.38. The summed E-state index contributed by atoms with van der Waals surface area (Å²) in [5.41, 5.74) is 3.44. The van der Waals surface area contributed by atoms with Crippen LogP contribution in [0.2, 0.25) is 0 Å². The fourth-order valence-corrected chi connectivity index (χ4v) is 6.94. The van der Waals surface area contributed by atoms with Gasteiger partial charge in [0, 0.05) is 11.1 Å². The number of rotatable bonds is 7. The minimum atomic E-state index is -0.848. The highest BCUT2D eigenvalue weighted by Crippen LogP contribution is 2.45. The molecule has 0 saturated heterocycles. The molecule has 0 amide bonds. The molecule has 0 bridgehead atoms. The lowest BCUT2D eigenvalue weighted by Crippen LogP contribution is -2.25. The SMILES string of the molecule is C=CCCC1CCC(C2CCC(c3ccc(-c4ccc(-c5ccc(C)c(F)c5F)cc4)c(F)c3)CC2)CC1. The molecule has 0 unspecified atom stereocenters. The quantitative estimate of drug-likeness (QED) is 0.274. The molecule has 38 heavy (non-hydrogen) atoms. The molecule has 2 aliphatic carbocycles. The standard InChI is InChI=1S/C35H39F3/c1-3-4-5-24-7-9-25(10-8-24)26-11-13-27(14-12-26)30-19-21-31(33(36)22-30)28-15-17-29(18-16-28)32-20-6-23(2)34(37)35(32)38/h3,6,15-22,24-27H,1,4-5,7-14H2,2H3. The van der Waals surface area contributed by atoms with E-state index >= 15 is 4.39 Å². The zero-order chi connectivity index (χ0) is 26.6. The molecule has 5 rings (SSSR count). The molecule has 0 N–H and O–H groups in total. The van der Waals surface area contributed by atoms with E-state index in [1.54, 1.807) is 49.4 Å². The molecule has 3 aromatic rings. The molecule has 2 fully saturated rings. The van der Waals surface area contributed by atoms with Crippen molar-refractivity contribution in [3.05, 3.63) is 95.8 Å². The van der Waals surface area contributed by atoms with E-state index in [1.807, 2.05) is 6.07 Å². The summed E-state index contributed by atoms with van der Waals surface area (Å²) in [7, 11) is 0. The van der Waals surface area contributed by atoms with Gasteiger partial charge >= 0.3 is 0 Å². The van der Waals surface area contributed by atoms with Crippen molar-refractivity contribution in [2.75, 3.05) is 0 Å². The number of halogens is 3. The first-order valence-corrected chi connectivity index (χ1v) is 14.4. The lowest BCUT2D eigenvalue weighted by molar-refractivity contribution is 0.157. The zero-order valence-electron chi connectivity index (χ0n) is 22.5. The molecule has 0 heterocycles. The van der Waals surface area contributed by atoms with Gasteiger partial charge in [-0.2, -0.15) is 0 Å². The van der Waals surface area contributed by atoms with E-state index in [0.717, 1.165) is 48.1 Å². The summed E-state index contributed by atoms with van der Waals surface area (Å²) in [5, 5.41) is 0. The molecule has 0 radical (unpaired) electrons. The van der Waals surface area contributed by atoms with Crippen LogP contribution >= 0.6 is 0 Å². The summed E-state index contributed by atoms with van der Waals surface area (Å²) in [6.45, 7) is 5.41. The van der Waals surface area contributed by atoms with Gasteiger partial charge in [-0.1, -0.05) is 67.4 Å². The van der Waals surface area contributed by atoms with Gasteiger partial charge in [0.1, 0.15) is 5.82 Å². The van der Waals surface area contributed by atoms with Crippen LogP contribution in [-0.2, 0) is 0 Å². The van der Waals surface area contributed by atoms with Crippen molar-refractivity contribution >= 4 is 0 Å². The summed E-state index contributed by atoms with van der Waals surface area (Å²) in [6.07, 6.45) is 14.8. The average Bonchev–Trinajstić information content (AvgIpc) is 2.95. The van der Waals surface area contributed by atoms with Gasteiger partial charge < -0.3 is 0 Å². The van der Waals surface area contributed by atoms with E-state index in [0.29, 0.717) is 17.0 Å². The van der Waals surface area contributed by atoms with Crippen LogP contribution in [0.15, 0.2) is 67.3 Å². The summed E-state index contributed by atoms with van der Waals surface area (Å²) in [4.78, 5) is 0. The Morgan fingerprint density at radius 1 is 0.711 bits per heavy atom. The van der Waals surface area contributed by atoms with Gasteiger partial charge in [-0.25, -0.2) is 13.2 Å². The van der Waals surface area contributed by atoms with Crippen molar-refractivity contribution < 1.29 is 13.2 Å². The molecule has 0 aromatic heterocycles. The van der Waals surface area contributed by atoms with Crippen LogP contribution in [0.5, 0.6) is 0 Å². The minimum absolute atomic E-state index is 0.215. The fraction of sp³-hybridized carbons (Fsp3) is 0.429. The Balaban J connectivity index is 1.20. The zero-order valence-corrected chi connectivity index (χ0v) is 22.5. The lowest BCUT2D eigenvalue weighted by atomic mass is 9.68. The smallest absolute Gasteiger partial charge is 0.166 e. The number of hydrogen-bond donors (Lipinski definition) is 0. The largest absolute Gasteiger partial charge is 0.206 e. The average molecular weight is 517 g/mol. The van der Waals surface area contributed by atoms with Crippen molar-refractivity contribution in [2.24, 2.45) is 17.8 Å². The van der Waals surface area contributed by atoms with Gasteiger partial charge in [-0.05, 0) is 110 Å². The third-order valence-electron chi connectivity index (χ3n) is 9.36. The number of hydrogen-bond acceptors (Lipinski definition) is 0. The molecule has 0 spiro atoms. The Hall–Kier alpha value is -2.81. The third-order valence-corrected chi connectivity index (χ3v) is 9.36.